The fourth-order valence-electron chi connectivity index (χ4n) is 5.31. The molecule has 0 aliphatic carbocycles. The van der Waals surface area contributed by atoms with Gasteiger partial charge in [0.2, 0.25) is 0 Å². The van der Waals surface area contributed by atoms with Gasteiger partial charge in [0, 0.05) is 16.2 Å². The summed E-state index contributed by atoms with van der Waals surface area (Å²) in [5.41, 5.74) is 5.09. The number of benzene rings is 6. The van der Waals surface area contributed by atoms with Crippen LogP contribution in [0.25, 0.3) is 59.8 Å². The van der Waals surface area contributed by atoms with Gasteiger partial charge in [0.25, 0.3) is 0 Å². The number of hydrogen-bond acceptors (Lipinski definition) is 0. The SMILES string of the molecule is Cc1ccc2ccc3c(-n4c5ccccc5c5ccccc54)ccc4ccc1c2c43. The Morgan fingerprint density at radius 2 is 1.00 bits per heavy atom. The van der Waals surface area contributed by atoms with Crippen molar-refractivity contribution in [2.24, 2.45) is 0 Å². The van der Waals surface area contributed by atoms with Crippen molar-refractivity contribution in [1.82, 2.24) is 4.57 Å². The Kier molecular flexibility index (Phi) is 2.99. The lowest BCUT2D eigenvalue weighted by molar-refractivity contribution is 1.20. The van der Waals surface area contributed by atoms with Crippen LogP contribution in [0.4, 0.5) is 0 Å². The molecular formula is C29H19N. The van der Waals surface area contributed by atoms with E-state index in [0.29, 0.717) is 0 Å². The van der Waals surface area contributed by atoms with Crippen molar-refractivity contribution in [3.63, 3.8) is 0 Å². The van der Waals surface area contributed by atoms with Crippen LogP contribution < -0.4 is 0 Å². The van der Waals surface area contributed by atoms with Gasteiger partial charge < -0.3 is 4.57 Å². The molecule has 0 radical (unpaired) electrons. The first-order valence-electron chi connectivity index (χ1n) is 10.5. The highest BCUT2D eigenvalue weighted by Gasteiger charge is 2.16. The highest BCUT2D eigenvalue weighted by atomic mass is 15.0. The summed E-state index contributed by atoms with van der Waals surface area (Å²) in [4.78, 5) is 0. The van der Waals surface area contributed by atoms with Gasteiger partial charge in [-0.3, -0.25) is 0 Å². The fourth-order valence-corrected chi connectivity index (χ4v) is 5.31. The van der Waals surface area contributed by atoms with E-state index in [9.17, 15) is 0 Å². The summed E-state index contributed by atoms with van der Waals surface area (Å²) < 4.78 is 2.43. The largest absolute Gasteiger partial charge is 0.309 e. The van der Waals surface area contributed by atoms with Crippen molar-refractivity contribution in [3.05, 3.63) is 103 Å². The van der Waals surface area contributed by atoms with E-state index < -0.39 is 0 Å². The summed E-state index contributed by atoms with van der Waals surface area (Å²) in [7, 11) is 0. The van der Waals surface area contributed by atoms with Gasteiger partial charge in [-0.15, -0.1) is 0 Å². The van der Waals surface area contributed by atoms with E-state index in [4.69, 9.17) is 0 Å². The predicted octanol–water partition coefficient (Wildman–Crippen LogP) is 7.99. The molecule has 0 amide bonds. The van der Waals surface area contributed by atoms with Crippen LogP contribution in [0.1, 0.15) is 5.56 Å². The monoisotopic (exact) mass is 381 g/mol. The minimum Gasteiger partial charge on any atom is -0.309 e. The summed E-state index contributed by atoms with van der Waals surface area (Å²) in [5.74, 6) is 0. The molecule has 0 saturated carbocycles. The summed E-state index contributed by atoms with van der Waals surface area (Å²) in [6, 6.07) is 35.6. The molecule has 0 aliphatic heterocycles. The summed E-state index contributed by atoms with van der Waals surface area (Å²) in [6.07, 6.45) is 0. The lowest BCUT2D eigenvalue weighted by Crippen LogP contribution is -1.96. The zero-order valence-corrected chi connectivity index (χ0v) is 16.7. The van der Waals surface area contributed by atoms with E-state index in [1.165, 1.54) is 65.4 Å². The van der Waals surface area contributed by atoms with Crippen LogP contribution in [-0.4, -0.2) is 4.57 Å². The average Bonchev–Trinajstić information content (AvgIpc) is 3.13. The molecule has 0 unspecified atom stereocenters. The van der Waals surface area contributed by atoms with Gasteiger partial charge in [-0.25, -0.2) is 0 Å². The smallest absolute Gasteiger partial charge is 0.0541 e. The zero-order chi connectivity index (χ0) is 19.8. The quantitative estimate of drug-likeness (QED) is 0.254. The maximum Gasteiger partial charge on any atom is 0.0541 e. The maximum absolute atomic E-state index is 2.43. The van der Waals surface area contributed by atoms with Crippen molar-refractivity contribution in [1.29, 1.82) is 0 Å². The second-order valence-electron chi connectivity index (χ2n) is 8.26. The Labute approximate surface area is 174 Å². The topological polar surface area (TPSA) is 4.93 Å². The van der Waals surface area contributed by atoms with Crippen molar-refractivity contribution >= 4 is 54.1 Å². The molecule has 6 aromatic carbocycles. The van der Waals surface area contributed by atoms with Crippen LogP contribution in [0.2, 0.25) is 0 Å². The Morgan fingerprint density at radius 3 is 1.70 bits per heavy atom. The number of nitrogens with zero attached hydrogens (tertiary/aromatic N) is 1. The molecule has 0 saturated heterocycles. The minimum absolute atomic E-state index is 1.25. The van der Waals surface area contributed by atoms with Gasteiger partial charge in [0.05, 0.1) is 16.7 Å². The number of hydrogen-bond donors (Lipinski definition) is 0. The molecule has 0 atom stereocenters. The van der Waals surface area contributed by atoms with E-state index in [1.54, 1.807) is 0 Å². The average molecular weight is 381 g/mol. The van der Waals surface area contributed by atoms with E-state index in [0.717, 1.165) is 0 Å². The minimum atomic E-state index is 1.25. The van der Waals surface area contributed by atoms with Gasteiger partial charge in [-0.05, 0) is 57.6 Å². The molecule has 0 bridgehead atoms. The Bertz CT molecular complexity index is 1700. The van der Waals surface area contributed by atoms with E-state index in [2.05, 4.69) is 109 Å². The molecule has 0 N–H and O–H groups in total. The molecule has 1 heteroatoms. The van der Waals surface area contributed by atoms with Crippen LogP contribution in [0.15, 0.2) is 97.1 Å². The molecule has 7 aromatic rings. The number of para-hydroxylation sites is 2. The molecule has 1 nitrogen and oxygen atoms in total. The molecule has 0 fully saturated rings. The summed E-state index contributed by atoms with van der Waals surface area (Å²) >= 11 is 0. The molecule has 0 aliphatic rings. The maximum atomic E-state index is 2.43. The Morgan fingerprint density at radius 1 is 0.467 bits per heavy atom. The third-order valence-electron chi connectivity index (χ3n) is 6.68. The van der Waals surface area contributed by atoms with Gasteiger partial charge in [-0.2, -0.15) is 0 Å². The van der Waals surface area contributed by atoms with Crippen molar-refractivity contribution < 1.29 is 0 Å². The molecule has 30 heavy (non-hydrogen) atoms. The fraction of sp³-hybridized carbons (Fsp3) is 0.0345. The van der Waals surface area contributed by atoms with Gasteiger partial charge in [0.15, 0.2) is 0 Å². The van der Waals surface area contributed by atoms with Gasteiger partial charge >= 0.3 is 0 Å². The van der Waals surface area contributed by atoms with Crippen molar-refractivity contribution in [3.8, 4) is 5.69 Å². The number of aromatic nitrogens is 1. The normalized spacial score (nSPS) is 12.2. The van der Waals surface area contributed by atoms with Gasteiger partial charge in [-0.1, -0.05) is 78.9 Å². The van der Waals surface area contributed by atoms with Crippen molar-refractivity contribution in [2.75, 3.05) is 0 Å². The van der Waals surface area contributed by atoms with Gasteiger partial charge in [0.1, 0.15) is 0 Å². The zero-order valence-electron chi connectivity index (χ0n) is 16.7. The lowest BCUT2D eigenvalue weighted by atomic mass is 9.91. The number of aryl methyl sites for hydroxylation is 1. The molecule has 1 aromatic heterocycles. The third-order valence-corrected chi connectivity index (χ3v) is 6.68. The van der Waals surface area contributed by atoms with Crippen LogP contribution >= 0.6 is 0 Å². The first-order chi connectivity index (χ1) is 14.8. The van der Waals surface area contributed by atoms with Crippen molar-refractivity contribution in [2.45, 2.75) is 6.92 Å². The van der Waals surface area contributed by atoms with Crippen LogP contribution in [0.5, 0.6) is 0 Å². The first kappa shape index (κ1) is 16.0. The molecule has 7 rings (SSSR count). The highest BCUT2D eigenvalue weighted by molar-refractivity contribution is 6.25. The van der Waals surface area contributed by atoms with Crippen LogP contribution in [0.3, 0.4) is 0 Å². The molecular weight excluding hydrogens is 362 g/mol. The van der Waals surface area contributed by atoms with E-state index in [1.807, 2.05) is 0 Å². The number of rotatable bonds is 1. The molecule has 0 spiro atoms. The summed E-state index contributed by atoms with van der Waals surface area (Å²) in [6.45, 7) is 2.21. The lowest BCUT2D eigenvalue weighted by Gasteiger charge is -2.17. The van der Waals surface area contributed by atoms with Crippen LogP contribution in [0, 0.1) is 6.92 Å². The standard InChI is InChI=1S/C29H19N/c1-18-10-11-19-13-16-24-27(17-14-20-12-15-21(18)28(19)29(20)24)30-25-8-4-2-6-22(25)23-7-3-5-9-26(23)30/h2-17H,1H3. The molecule has 140 valence electrons. The van der Waals surface area contributed by atoms with E-state index in [-0.39, 0.29) is 0 Å². The third kappa shape index (κ3) is 1.92. The molecule has 1 heterocycles. The highest BCUT2D eigenvalue weighted by Crippen LogP contribution is 2.40. The van der Waals surface area contributed by atoms with Crippen LogP contribution in [-0.2, 0) is 0 Å². The predicted molar refractivity (Wildman–Crippen MR) is 129 cm³/mol. The Hall–Kier alpha value is -3.84. The first-order valence-corrected chi connectivity index (χ1v) is 10.5. The Balaban J connectivity index is 1.73. The summed E-state index contributed by atoms with van der Waals surface area (Å²) in [5, 5.41) is 10.6. The second kappa shape index (κ2) is 5.61. The number of fused-ring (bicyclic) bond motifs is 3. The second-order valence-corrected chi connectivity index (χ2v) is 8.26. The van der Waals surface area contributed by atoms with E-state index >= 15 is 0 Å².